The molecule has 0 aliphatic carbocycles. The first kappa shape index (κ1) is 67.4. The van der Waals surface area contributed by atoms with Gasteiger partial charge in [0.05, 0.1) is 19.8 Å². The van der Waals surface area contributed by atoms with Crippen molar-refractivity contribution in [3.05, 3.63) is 146 Å². The van der Waals surface area contributed by atoms with Crippen LogP contribution in [-0.4, -0.2) is 66.5 Å². The number of allylic oxidation sites excluding steroid dienone is 24. The van der Waals surface area contributed by atoms with E-state index in [2.05, 4.69) is 148 Å². The van der Waals surface area contributed by atoms with Gasteiger partial charge in [-0.1, -0.05) is 179 Å². The lowest BCUT2D eigenvalue weighted by Crippen LogP contribution is -2.30. The van der Waals surface area contributed by atoms with Crippen LogP contribution in [0.1, 0.15) is 175 Å². The topological polar surface area (TPSA) is 155 Å². The maximum absolute atomic E-state index is 12.9. The van der Waals surface area contributed by atoms with Crippen molar-refractivity contribution in [1.29, 1.82) is 0 Å². The summed E-state index contributed by atoms with van der Waals surface area (Å²) < 4.78 is 39.2. The number of aliphatic hydroxyl groups excluding tert-OH is 1. The van der Waals surface area contributed by atoms with E-state index in [1.54, 1.807) is 0 Å². The number of unbranched alkanes of at least 4 members (excludes halogenated alkanes) is 6. The molecule has 3 unspecified atom stereocenters. The Morgan fingerprint density at radius 3 is 1.10 bits per heavy atom. The molecule has 0 radical (unpaired) electrons. The summed E-state index contributed by atoms with van der Waals surface area (Å²) >= 11 is 0. The molecule has 404 valence electrons. The Kier molecular flexibility index (Phi) is 49.3. The van der Waals surface area contributed by atoms with Crippen molar-refractivity contribution in [2.75, 3.05) is 26.4 Å². The van der Waals surface area contributed by atoms with Crippen LogP contribution < -0.4 is 0 Å². The van der Waals surface area contributed by atoms with Gasteiger partial charge < -0.3 is 24.2 Å². The first-order chi connectivity index (χ1) is 35.2. The summed E-state index contributed by atoms with van der Waals surface area (Å²) in [6.45, 7) is 4.10. The van der Waals surface area contributed by atoms with Gasteiger partial charge in [-0.2, -0.15) is 0 Å². The summed E-state index contributed by atoms with van der Waals surface area (Å²) in [7, 11) is -4.79. The first-order valence-electron chi connectivity index (χ1n) is 26.7. The van der Waals surface area contributed by atoms with Crippen LogP contribution in [0.4, 0.5) is 0 Å². The Bertz CT molecular complexity index is 1760. The highest BCUT2D eigenvalue weighted by Crippen LogP contribution is 2.43. The third kappa shape index (κ3) is 50.3. The standard InChI is InChI=1S/C60H93O11P/c1-4-7-10-13-16-19-22-25-26-27-28-29-30-33-34-37-40-43-46-49-58(62)67-53-57(71-60(64)51-48-45-42-39-36-32-24-21-18-15-12-9-6-3)55-69-72(65,66)68-54-56(52-61)70-59(63)50-47-44-41-38-35-31-23-20-17-14-11-8-5-2/h7-12,16-21,25-26,28-29,31-36,42,45,56-57,61H,4-6,13-15,22-24,27,30,37-41,43-44,46-55H2,1-3H3,(H,65,66)/b10-7-,11-8-,12-9-,19-16-,20-17-,21-18-,26-25-,29-28-,34-33-,35-31-,36-32-,45-42-. The Hall–Kier alpha value is -4.64. The van der Waals surface area contributed by atoms with E-state index >= 15 is 0 Å². The van der Waals surface area contributed by atoms with Crippen LogP contribution in [-0.2, 0) is 42.2 Å². The third-order valence-corrected chi connectivity index (χ3v) is 11.2. The maximum atomic E-state index is 12.9. The van der Waals surface area contributed by atoms with Crippen molar-refractivity contribution in [3.8, 4) is 0 Å². The number of phosphoric acid groups is 1. The number of esters is 3. The zero-order valence-corrected chi connectivity index (χ0v) is 45.2. The zero-order chi connectivity index (χ0) is 52.7. The van der Waals surface area contributed by atoms with Crippen molar-refractivity contribution in [1.82, 2.24) is 0 Å². The van der Waals surface area contributed by atoms with Gasteiger partial charge in [-0.15, -0.1) is 0 Å². The highest BCUT2D eigenvalue weighted by molar-refractivity contribution is 7.47. The number of hydrogen-bond acceptors (Lipinski definition) is 10. The molecule has 0 bridgehead atoms. The molecule has 0 fully saturated rings. The molecule has 0 rings (SSSR count). The van der Waals surface area contributed by atoms with E-state index < -0.39 is 64.4 Å². The van der Waals surface area contributed by atoms with Crippen molar-refractivity contribution in [2.24, 2.45) is 0 Å². The highest BCUT2D eigenvalue weighted by atomic mass is 31.2. The molecule has 0 saturated heterocycles. The van der Waals surface area contributed by atoms with E-state index in [-0.39, 0.29) is 19.3 Å². The molecule has 0 aliphatic rings. The second-order valence-electron chi connectivity index (χ2n) is 16.9. The molecular weight excluding hydrogens is 928 g/mol. The van der Waals surface area contributed by atoms with Crippen LogP contribution in [0, 0.1) is 0 Å². The predicted molar refractivity (Wildman–Crippen MR) is 297 cm³/mol. The zero-order valence-electron chi connectivity index (χ0n) is 44.3. The van der Waals surface area contributed by atoms with Crippen LogP contribution in [0.15, 0.2) is 146 Å². The summed E-state index contributed by atoms with van der Waals surface area (Å²) in [5.41, 5.74) is 0. The monoisotopic (exact) mass is 1020 g/mol. The van der Waals surface area contributed by atoms with Crippen LogP contribution in [0.5, 0.6) is 0 Å². The van der Waals surface area contributed by atoms with Crippen molar-refractivity contribution in [2.45, 2.75) is 187 Å². The number of rotatable bonds is 47. The Morgan fingerprint density at radius 2 is 0.708 bits per heavy atom. The summed E-state index contributed by atoms with van der Waals surface area (Å²) in [6.07, 6.45) is 67.0. The molecule has 0 aliphatic heterocycles. The normalized spacial score (nSPS) is 14.6. The quantitative estimate of drug-likeness (QED) is 0.0197. The van der Waals surface area contributed by atoms with Gasteiger partial charge in [0.15, 0.2) is 6.10 Å². The fourth-order valence-corrected chi connectivity index (χ4v) is 7.07. The number of phosphoric ester groups is 1. The van der Waals surface area contributed by atoms with Crippen molar-refractivity contribution < 1.29 is 52.2 Å². The van der Waals surface area contributed by atoms with Crippen molar-refractivity contribution in [3.63, 3.8) is 0 Å². The molecule has 0 aromatic rings. The van der Waals surface area contributed by atoms with E-state index in [0.717, 1.165) is 109 Å². The largest absolute Gasteiger partial charge is 0.472 e. The minimum Gasteiger partial charge on any atom is -0.462 e. The number of ether oxygens (including phenoxy) is 3. The number of carbonyl (C=O) groups excluding carboxylic acids is 3. The fraction of sp³-hybridized carbons (Fsp3) is 0.550. The van der Waals surface area contributed by atoms with Crippen LogP contribution >= 0.6 is 7.82 Å². The summed E-state index contributed by atoms with van der Waals surface area (Å²) in [6, 6.07) is 0. The minimum atomic E-state index is -4.79. The Labute approximate surface area is 435 Å². The van der Waals surface area contributed by atoms with E-state index in [4.69, 9.17) is 23.3 Å². The van der Waals surface area contributed by atoms with Gasteiger partial charge in [-0.3, -0.25) is 23.4 Å². The van der Waals surface area contributed by atoms with Gasteiger partial charge in [0.1, 0.15) is 12.7 Å². The molecule has 0 spiro atoms. The summed E-state index contributed by atoms with van der Waals surface area (Å²) in [5.74, 6) is -1.66. The smallest absolute Gasteiger partial charge is 0.462 e. The number of carbonyl (C=O) groups is 3. The second-order valence-corrected chi connectivity index (χ2v) is 18.3. The molecule has 2 N–H and O–H groups in total. The maximum Gasteiger partial charge on any atom is 0.472 e. The van der Waals surface area contributed by atoms with Gasteiger partial charge in [0, 0.05) is 19.3 Å². The van der Waals surface area contributed by atoms with Gasteiger partial charge in [-0.25, -0.2) is 4.57 Å². The molecule has 12 heteroatoms. The third-order valence-electron chi connectivity index (χ3n) is 10.3. The Balaban J connectivity index is 4.90. The molecule has 72 heavy (non-hydrogen) atoms. The van der Waals surface area contributed by atoms with Crippen LogP contribution in [0.3, 0.4) is 0 Å². The molecule has 0 aromatic heterocycles. The van der Waals surface area contributed by atoms with E-state index in [1.165, 1.54) is 0 Å². The molecule has 0 saturated carbocycles. The van der Waals surface area contributed by atoms with Gasteiger partial charge in [-0.05, 0) is 122 Å². The highest BCUT2D eigenvalue weighted by Gasteiger charge is 2.28. The molecule has 3 atom stereocenters. The van der Waals surface area contributed by atoms with Crippen LogP contribution in [0.2, 0.25) is 0 Å². The van der Waals surface area contributed by atoms with Crippen molar-refractivity contribution >= 4 is 25.7 Å². The summed E-state index contributed by atoms with van der Waals surface area (Å²) in [4.78, 5) is 48.3. The first-order valence-corrected chi connectivity index (χ1v) is 28.2. The van der Waals surface area contributed by atoms with Gasteiger partial charge >= 0.3 is 25.7 Å². The molecule has 0 amide bonds. The van der Waals surface area contributed by atoms with Gasteiger partial charge in [0.25, 0.3) is 0 Å². The lowest BCUT2D eigenvalue weighted by molar-refractivity contribution is -0.161. The second kappa shape index (κ2) is 52.7. The molecule has 0 heterocycles. The average molecular weight is 1020 g/mol. The number of hydrogen-bond donors (Lipinski definition) is 2. The molecule has 0 aromatic carbocycles. The predicted octanol–water partition coefficient (Wildman–Crippen LogP) is 15.6. The molecule has 11 nitrogen and oxygen atoms in total. The van der Waals surface area contributed by atoms with Gasteiger partial charge in [0.2, 0.25) is 0 Å². The lowest BCUT2D eigenvalue weighted by Gasteiger charge is -2.21. The van der Waals surface area contributed by atoms with Crippen LogP contribution in [0.25, 0.3) is 0 Å². The lowest BCUT2D eigenvalue weighted by atomic mass is 10.1. The number of aliphatic hydroxyl groups is 1. The fourth-order valence-electron chi connectivity index (χ4n) is 6.29. The van der Waals surface area contributed by atoms with E-state index in [9.17, 15) is 28.9 Å². The Morgan fingerprint density at radius 1 is 0.389 bits per heavy atom. The summed E-state index contributed by atoms with van der Waals surface area (Å²) in [5, 5.41) is 9.78. The molecular formula is C60H93O11P. The van der Waals surface area contributed by atoms with E-state index in [0.29, 0.717) is 25.7 Å². The minimum absolute atomic E-state index is 0.0277. The van der Waals surface area contributed by atoms with E-state index in [1.807, 2.05) is 18.2 Å². The average Bonchev–Trinajstić information content (AvgIpc) is 3.37. The SMILES string of the molecule is CC/C=C\C/C=C\C/C=C\C/C=C\C/C=C\CCCCCC(=O)OCC(COP(=O)(O)OCC(CO)OC(=O)CCCCC/C=C\C/C=C\C/C=C\CC)OC(=O)CC/C=C\C/C=C\C/C=C\C/C=C\CC.